The van der Waals surface area contributed by atoms with Crippen LogP contribution in [0, 0.1) is 17.3 Å². The Morgan fingerprint density at radius 2 is 1.71 bits per heavy atom. The van der Waals surface area contributed by atoms with Gasteiger partial charge in [0.15, 0.2) is 0 Å². The van der Waals surface area contributed by atoms with Gasteiger partial charge in [0.2, 0.25) is 0 Å². The molecule has 17 heavy (non-hydrogen) atoms. The Bertz CT molecular complexity index is 285. The van der Waals surface area contributed by atoms with Crippen molar-refractivity contribution in [1.82, 2.24) is 0 Å². The maximum absolute atomic E-state index is 6.63. The zero-order valence-electron chi connectivity index (χ0n) is 11.3. The molecule has 0 aromatic heterocycles. The van der Waals surface area contributed by atoms with Crippen LogP contribution in [0.15, 0.2) is 0 Å². The second-order valence-corrected chi connectivity index (χ2v) is 7.31. The highest BCUT2D eigenvalue weighted by Gasteiger charge is 2.60. The highest BCUT2D eigenvalue weighted by Crippen LogP contribution is 2.61. The zero-order valence-corrected chi connectivity index (χ0v) is 11.3. The van der Waals surface area contributed by atoms with E-state index in [1.54, 1.807) is 0 Å². The van der Waals surface area contributed by atoms with Crippen LogP contribution in [0.3, 0.4) is 0 Å². The summed E-state index contributed by atoms with van der Waals surface area (Å²) < 4.78 is 0. The van der Waals surface area contributed by atoms with Crippen molar-refractivity contribution in [2.75, 3.05) is 0 Å². The van der Waals surface area contributed by atoms with Gasteiger partial charge in [-0.05, 0) is 55.8 Å². The van der Waals surface area contributed by atoms with Crippen molar-refractivity contribution >= 4 is 0 Å². The lowest BCUT2D eigenvalue weighted by Gasteiger charge is -2.65. The molecule has 0 amide bonds. The minimum Gasteiger partial charge on any atom is -0.326 e. The predicted octanol–water partition coefficient (Wildman–Crippen LogP) is 2.80. The third-order valence-electron chi connectivity index (χ3n) is 5.95. The van der Waals surface area contributed by atoms with Crippen LogP contribution in [-0.4, -0.2) is 11.6 Å². The van der Waals surface area contributed by atoms with Gasteiger partial charge in [0.25, 0.3) is 0 Å². The molecule has 0 heterocycles. The van der Waals surface area contributed by atoms with Crippen molar-refractivity contribution in [3.63, 3.8) is 0 Å². The Balaban J connectivity index is 1.79. The molecule has 4 aliphatic rings. The molecule has 0 aromatic rings. The van der Waals surface area contributed by atoms with E-state index < -0.39 is 0 Å². The van der Waals surface area contributed by atoms with E-state index in [-0.39, 0.29) is 11.6 Å². The number of hydrogen-bond donors (Lipinski definition) is 2. The summed E-state index contributed by atoms with van der Waals surface area (Å²) in [4.78, 5) is 0. The topological polar surface area (TPSA) is 52.0 Å². The van der Waals surface area contributed by atoms with Gasteiger partial charge in [-0.15, -0.1) is 0 Å². The van der Waals surface area contributed by atoms with E-state index >= 15 is 0 Å². The molecule has 3 atom stereocenters. The summed E-state index contributed by atoms with van der Waals surface area (Å²) in [6.07, 6.45) is 12.0. The van der Waals surface area contributed by atoms with Gasteiger partial charge >= 0.3 is 0 Å². The van der Waals surface area contributed by atoms with E-state index in [4.69, 9.17) is 11.5 Å². The molecule has 4 bridgehead atoms. The van der Waals surface area contributed by atoms with Crippen molar-refractivity contribution in [2.45, 2.75) is 76.3 Å². The van der Waals surface area contributed by atoms with Gasteiger partial charge in [-0.3, -0.25) is 0 Å². The molecule has 0 aromatic carbocycles. The third kappa shape index (κ3) is 1.76. The normalized spacial score (nSPS) is 52.1. The van der Waals surface area contributed by atoms with Crippen molar-refractivity contribution in [3.8, 4) is 0 Å². The lowest BCUT2D eigenvalue weighted by Crippen LogP contribution is -2.72. The molecule has 4 rings (SSSR count). The average molecular weight is 236 g/mol. The van der Waals surface area contributed by atoms with E-state index in [9.17, 15) is 0 Å². The van der Waals surface area contributed by atoms with E-state index in [0.29, 0.717) is 5.41 Å². The first kappa shape index (κ1) is 12.0. The van der Waals surface area contributed by atoms with Crippen LogP contribution in [-0.2, 0) is 0 Å². The molecule has 2 heteroatoms. The fraction of sp³-hybridized carbons (Fsp3) is 1.00. The van der Waals surface area contributed by atoms with Crippen LogP contribution in [0.25, 0.3) is 0 Å². The molecule has 0 saturated heterocycles. The van der Waals surface area contributed by atoms with Crippen LogP contribution >= 0.6 is 0 Å². The summed E-state index contributed by atoms with van der Waals surface area (Å²) in [5.74, 6) is 1.79. The first-order valence-corrected chi connectivity index (χ1v) is 7.62. The van der Waals surface area contributed by atoms with Gasteiger partial charge in [0, 0.05) is 11.6 Å². The molecule has 98 valence electrons. The van der Waals surface area contributed by atoms with E-state index in [0.717, 1.165) is 11.8 Å². The number of hydrogen-bond acceptors (Lipinski definition) is 2. The monoisotopic (exact) mass is 236 g/mol. The molecular formula is C15H28N2. The summed E-state index contributed by atoms with van der Waals surface area (Å²) >= 11 is 0. The van der Waals surface area contributed by atoms with Gasteiger partial charge in [-0.2, -0.15) is 0 Å². The molecule has 0 aliphatic heterocycles. The highest BCUT2D eigenvalue weighted by molar-refractivity contribution is 5.17. The van der Waals surface area contributed by atoms with Crippen LogP contribution in [0.4, 0.5) is 0 Å². The second kappa shape index (κ2) is 3.96. The highest BCUT2D eigenvalue weighted by atomic mass is 14.9. The van der Waals surface area contributed by atoms with Crippen molar-refractivity contribution < 1.29 is 0 Å². The summed E-state index contributed by atoms with van der Waals surface area (Å²) in [5, 5.41) is 0. The maximum Gasteiger partial charge on any atom is 0.0318 e. The fourth-order valence-electron chi connectivity index (χ4n) is 5.54. The van der Waals surface area contributed by atoms with Crippen LogP contribution in [0.1, 0.15) is 64.7 Å². The second-order valence-electron chi connectivity index (χ2n) is 7.31. The minimum atomic E-state index is -0.00367. The van der Waals surface area contributed by atoms with Gasteiger partial charge < -0.3 is 11.5 Å². The molecule has 0 radical (unpaired) electrons. The van der Waals surface area contributed by atoms with E-state index in [1.807, 2.05) is 0 Å². The first-order chi connectivity index (χ1) is 8.08. The van der Waals surface area contributed by atoms with Crippen molar-refractivity contribution in [2.24, 2.45) is 28.7 Å². The summed E-state index contributed by atoms with van der Waals surface area (Å²) in [7, 11) is 0. The van der Waals surface area contributed by atoms with Gasteiger partial charge in [0.05, 0.1) is 0 Å². The third-order valence-corrected chi connectivity index (χ3v) is 5.95. The van der Waals surface area contributed by atoms with Gasteiger partial charge in [-0.25, -0.2) is 0 Å². The molecule has 4 saturated carbocycles. The molecule has 2 nitrogen and oxygen atoms in total. The SMILES string of the molecule is CCCCCC12CC3CC(CC(N)(C3)C1N)C2. The average Bonchev–Trinajstić information content (AvgIpc) is 2.25. The Hall–Kier alpha value is -0.0800. The molecule has 4 fully saturated rings. The van der Waals surface area contributed by atoms with Crippen LogP contribution in [0.2, 0.25) is 0 Å². The Kier molecular flexibility index (Phi) is 2.79. The molecule has 4 aliphatic carbocycles. The lowest BCUT2D eigenvalue weighted by molar-refractivity contribution is -0.0910. The summed E-state index contributed by atoms with van der Waals surface area (Å²) in [6.45, 7) is 2.28. The Morgan fingerprint density at radius 3 is 2.29 bits per heavy atom. The van der Waals surface area contributed by atoms with E-state index in [1.165, 1.54) is 57.8 Å². The van der Waals surface area contributed by atoms with E-state index in [2.05, 4.69) is 6.92 Å². The Labute approximate surface area is 106 Å². The zero-order chi connectivity index (χ0) is 12.1. The van der Waals surface area contributed by atoms with Crippen LogP contribution < -0.4 is 11.5 Å². The van der Waals surface area contributed by atoms with Crippen LogP contribution in [0.5, 0.6) is 0 Å². The van der Waals surface area contributed by atoms with Crippen molar-refractivity contribution in [3.05, 3.63) is 0 Å². The minimum absolute atomic E-state index is 0.00367. The first-order valence-electron chi connectivity index (χ1n) is 7.62. The van der Waals surface area contributed by atoms with Crippen molar-refractivity contribution in [1.29, 1.82) is 0 Å². The largest absolute Gasteiger partial charge is 0.326 e. The van der Waals surface area contributed by atoms with Gasteiger partial charge in [-0.1, -0.05) is 26.2 Å². The number of unbranched alkanes of at least 4 members (excludes halogenated alkanes) is 2. The predicted molar refractivity (Wildman–Crippen MR) is 71.5 cm³/mol. The fourth-order valence-corrected chi connectivity index (χ4v) is 5.54. The lowest BCUT2D eigenvalue weighted by atomic mass is 9.44. The van der Waals surface area contributed by atoms with Gasteiger partial charge in [0.1, 0.15) is 0 Å². The maximum atomic E-state index is 6.63. The molecular weight excluding hydrogens is 208 g/mol. The summed E-state index contributed by atoms with van der Waals surface area (Å²) in [6, 6.07) is 0.277. The number of rotatable bonds is 4. The molecule has 4 N–H and O–H groups in total. The molecule has 3 unspecified atom stereocenters. The quantitative estimate of drug-likeness (QED) is 0.737. The summed E-state index contributed by atoms with van der Waals surface area (Å²) in [5.41, 5.74) is 13.6. The Morgan fingerprint density at radius 1 is 1.06 bits per heavy atom. The standard InChI is InChI=1S/C15H28N2/c1-2-3-4-5-14-7-11-6-12(8-14)10-15(17,9-11)13(14)16/h11-13H,2-10,16-17H2,1H3. The molecule has 0 spiro atoms. The smallest absolute Gasteiger partial charge is 0.0318 e. The number of nitrogens with two attached hydrogens (primary N) is 2.